The minimum Gasteiger partial charge on any atom is -0.288 e. The fourth-order valence-electron chi connectivity index (χ4n) is 1.60. The molecule has 0 atom stereocenters. The second kappa shape index (κ2) is 4.98. The highest BCUT2D eigenvalue weighted by Gasteiger charge is 2.15. The summed E-state index contributed by atoms with van der Waals surface area (Å²) in [6.07, 6.45) is 0. The number of hydrogen-bond acceptors (Lipinski definition) is 1. The Morgan fingerprint density at radius 3 is 2.39 bits per heavy atom. The smallest absolute Gasteiger partial charge is 0.196 e. The third-order valence-electron chi connectivity index (χ3n) is 2.55. The first kappa shape index (κ1) is 12.9. The summed E-state index contributed by atoms with van der Waals surface area (Å²) in [4.78, 5) is 12.1. The topological polar surface area (TPSA) is 17.1 Å². The van der Waals surface area contributed by atoms with Crippen molar-refractivity contribution in [2.24, 2.45) is 0 Å². The number of benzene rings is 2. The summed E-state index contributed by atoms with van der Waals surface area (Å²) in [5, 5.41) is 0. The molecule has 0 radical (unpaired) electrons. The van der Waals surface area contributed by atoms with E-state index in [9.17, 15) is 13.6 Å². The van der Waals surface area contributed by atoms with Crippen LogP contribution in [0.4, 0.5) is 8.78 Å². The highest BCUT2D eigenvalue weighted by atomic mass is 79.9. The van der Waals surface area contributed by atoms with Gasteiger partial charge in [-0.25, -0.2) is 8.78 Å². The van der Waals surface area contributed by atoms with Gasteiger partial charge >= 0.3 is 0 Å². The van der Waals surface area contributed by atoms with Crippen LogP contribution in [0.25, 0.3) is 0 Å². The fraction of sp³-hybridized carbons (Fsp3) is 0.0714. The second-order valence-corrected chi connectivity index (χ2v) is 4.80. The van der Waals surface area contributed by atoms with Crippen molar-refractivity contribution >= 4 is 21.7 Å². The van der Waals surface area contributed by atoms with E-state index in [0.29, 0.717) is 0 Å². The first-order chi connectivity index (χ1) is 8.49. The van der Waals surface area contributed by atoms with Gasteiger partial charge in [0, 0.05) is 5.56 Å². The second-order valence-electron chi connectivity index (χ2n) is 3.94. The van der Waals surface area contributed by atoms with E-state index in [2.05, 4.69) is 15.9 Å². The number of aryl methyl sites for hydroxylation is 1. The van der Waals surface area contributed by atoms with Crippen LogP contribution in [0.15, 0.2) is 40.9 Å². The number of rotatable bonds is 2. The molecule has 0 spiro atoms. The summed E-state index contributed by atoms with van der Waals surface area (Å²) in [5.41, 5.74) is 0.967. The molecule has 0 saturated heterocycles. The molecular formula is C14H9BrF2O. The van der Waals surface area contributed by atoms with Gasteiger partial charge in [-0.3, -0.25) is 4.79 Å². The van der Waals surface area contributed by atoms with Gasteiger partial charge in [0.1, 0.15) is 11.6 Å². The highest BCUT2D eigenvalue weighted by Crippen LogP contribution is 2.20. The molecule has 0 bridgehead atoms. The van der Waals surface area contributed by atoms with E-state index in [4.69, 9.17) is 0 Å². The van der Waals surface area contributed by atoms with E-state index in [1.165, 1.54) is 30.3 Å². The molecule has 2 aromatic rings. The summed E-state index contributed by atoms with van der Waals surface area (Å²) in [5.74, 6) is -1.50. The van der Waals surface area contributed by atoms with Gasteiger partial charge in [0.25, 0.3) is 0 Å². The number of halogens is 3. The molecule has 4 heteroatoms. The summed E-state index contributed by atoms with van der Waals surface area (Å²) in [7, 11) is 0. The first-order valence-corrected chi connectivity index (χ1v) is 6.04. The Kier molecular flexibility index (Phi) is 3.57. The maximum atomic E-state index is 13.7. The maximum Gasteiger partial charge on any atom is 0.196 e. The third-order valence-corrected chi connectivity index (χ3v) is 3.16. The average Bonchev–Trinajstić information content (AvgIpc) is 2.32. The van der Waals surface area contributed by atoms with Crippen LogP contribution in [0.1, 0.15) is 21.5 Å². The van der Waals surface area contributed by atoms with Gasteiger partial charge in [-0.15, -0.1) is 0 Å². The van der Waals surface area contributed by atoms with Crippen molar-refractivity contribution < 1.29 is 13.6 Å². The largest absolute Gasteiger partial charge is 0.288 e. The summed E-state index contributed by atoms with van der Waals surface area (Å²) >= 11 is 3.00. The van der Waals surface area contributed by atoms with E-state index in [-0.39, 0.29) is 15.6 Å². The molecule has 0 aliphatic heterocycles. The Morgan fingerprint density at radius 1 is 1.06 bits per heavy atom. The molecule has 1 nitrogen and oxygen atoms in total. The Morgan fingerprint density at radius 2 is 1.78 bits per heavy atom. The van der Waals surface area contributed by atoms with Crippen LogP contribution in [0.5, 0.6) is 0 Å². The Balaban J connectivity index is 2.44. The molecule has 18 heavy (non-hydrogen) atoms. The zero-order valence-corrected chi connectivity index (χ0v) is 11.1. The summed E-state index contributed by atoms with van der Waals surface area (Å²) < 4.78 is 26.9. The van der Waals surface area contributed by atoms with Crippen LogP contribution in [0, 0.1) is 18.6 Å². The predicted octanol–water partition coefficient (Wildman–Crippen LogP) is 4.27. The van der Waals surface area contributed by atoms with Gasteiger partial charge in [-0.1, -0.05) is 6.07 Å². The molecule has 0 aromatic heterocycles. The van der Waals surface area contributed by atoms with Crippen molar-refractivity contribution in [2.75, 3.05) is 0 Å². The molecule has 2 rings (SSSR count). The van der Waals surface area contributed by atoms with Crippen molar-refractivity contribution in [3.63, 3.8) is 0 Å². The first-order valence-electron chi connectivity index (χ1n) is 5.25. The van der Waals surface area contributed by atoms with Crippen molar-refractivity contribution in [1.82, 2.24) is 0 Å². The molecule has 2 aromatic carbocycles. The van der Waals surface area contributed by atoms with Crippen molar-refractivity contribution in [1.29, 1.82) is 0 Å². The van der Waals surface area contributed by atoms with E-state index in [1.54, 1.807) is 13.0 Å². The standard InChI is InChI=1S/C14H9BrF2O/c1-8-2-4-10(13(17)6-8)14(18)9-3-5-12(16)11(15)7-9/h2-7H,1H3. The Hall–Kier alpha value is -1.55. The monoisotopic (exact) mass is 310 g/mol. The van der Waals surface area contributed by atoms with E-state index < -0.39 is 17.4 Å². The molecule has 0 unspecified atom stereocenters. The van der Waals surface area contributed by atoms with Gasteiger partial charge in [0.15, 0.2) is 5.78 Å². The molecular weight excluding hydrogens is 302 g/mol. The predicted molar refractivity (Wildman–Crippen MR) is 68.7 cm³/mol. The summed E-state index contributed by atoms with van der Waals surface area (Å²) in [6.45, 7) is 1.74. The molecule has 0 fully saturated rings. The quantitative estimate of drug-likeness (QED) is 0.757. The van der Waals surface area contributed by atoms with Crippen molar-refractivity contribution in [3.8, 4) is 0 Å². The molecule has 0 heterocycles. The zero-order chi connectivity index (χ0) is 13.3. The van der Waals surface area contributed by atoms with Crippen LogP contribution >= 0.6 is 15.9 Å². The van der Waals surface area contributed by atoms with Gasteiger partial charge < -0.3 is 0 Å². The van der Waals surface area contributed by atoms with Gasteiger partial charge in [0.05, 0.1) is 10.0 Å². The van der Waals surface area contributed by atoms with E-state index in [0.717, 1.165) is 5.56 Å². The number of carbonyl (C=O) groups excluding carboxylic acids is 1. The molecule has 0 saturated carbocycles. The average molecular weight is 311 g/mol. The van der Waals surface area contributed by atoms with Gasteiger partial charge in [-0.05, 0) is 58.7 Å². The number of hydrogen-bond donors (Lipinski definition) is 0. The minimum atomic E-state index is -0.569. The molecule has 0 amide bonds. The highest BCUT2D eigenvalue weighted by molar-refractivity contribution is 9.10. The van der Waals surface area contributed by atoms with Crippen molar-refractivity contribution in [2.45, 2.75) is 6.92 Å². The van der Waals surface area contributed by atoms with E-state index in [1.807, 2.05) is 0 Å². The van der Waals surface area contributed by atoms with Crippen LogP contribution < -0.4 is 0 Å². The van der Waals surface area contributed by atoms with Gasteiger partial charge in [-0.2, -0.15) is 0 Å². The van der Waals surface area contributed by atoms with Crippen LogP contribution in [0.2, 0.25) is 0 Å². The fourth-order valence-corrected chi connectivity index (χ4v) is 1.98. The molecule has 92 valence electrons. The maximum absolute atomic E-state index is 13.7. The number of ketones is 1. The number of carbonyl (C=O) groups is 1. The van der Waals surface area contributed by atoms with Crippen LogP contribution in [-0.4, -0.2) is 5.78 Å². The normalized spacial score (nSPS) is 10.4. The Bertz CT molecular complexity index is 623. The lowest BCUT2D eigenvalue weighted by Gasteiger charge is -2.04. The molecule has 0 aliphatic carbocycles. The van der Waals surface area contributed by atoms with Crippen LogP contribution in [-0.2, 0) is 0 Å². The Labute approximate surface area is 112 Å². The zero-order valence-electron chi connectivity index (χ0n) is 9.51. The summed E-state index contributed by atoms with van der Waals surface area (Å²) in [6, 6.07) is 8.24. The SMILES string of the molecule is Cc1ccc(C(=O)c2ccc(F)c(Br)c2)c(F)c1. The van der Waals surface area contributed by atoms with Gasteiger partial charge in [0.2, 0.25) is 0 Å². The van der Waals surface area contributed by atoms with Crippen LogP contribution in [0.3, 0.4) is 0 Å². The van der Waals surface area contributed by atoms with E-state index >= 15 is 0 Å². The lowest BCUT2D eigenvalue weighted by molar-refractivity contribution is 0.103. The third kappa shape index (κ3) is 2.48. The molecule has 0 aliphatic rings. The molecule has 0 N–H and O–H groups in total. The lowest BCUT2D eigenvalue weighted by Crippen LogP contribution is -2.04. The van der Waals surface area contributed by atoms with Crippen molar-refractivity contribution in [3.05, 3.63) is 69.2 Å². The lowest BCUT2D eigenvalue weighted by atomic mass is 10.0. The minimum absolute atomic E-state index is 0.0147.